The van der Waals surface area contributed by atoms with Crippen LogP contribution in [0.4, 0.5) is 0 Å². The predicted octanol–water partition coefficient (Wildman–Crippen LogP) is 3.76. The summed E-state index contributed by atoms with van der Waals surface area (Å²) in [5, 5.41) is 0. The van der Waals surface area contributed by atoms with Gasteiger partial charge in [-0.25, -0.2) is 0 Å². The largest absolute Gasteiger partial charge is 0.124 e. The van der Waals surface area contributed by atoms with Crippen molar-refractivity contribution in [1.29, 1.82) is 0 Å². The van der Waals surface area contributed by atoms with Gasteiger partial charge in [0, 0.05) is 11.3 Å². The maximum absolute atomic E-state index is 5.96. The van der Waals surface area contributed by atoms with Crippen LogP contribution in [0.25, 0.3) is 0 Å². The standard InChI is InChI=1S/C7H8Cl4/c1-5(3-7(5,10)11)4-2-6(4,8)9/h4H,2-3H2,1H3. The molecular weight excluding hydrogens is 226 g/mol. The smallest absolute Gasteiger partial charge is 0.101 e. The molecule has 2 fully saturated rings. The third-order valence-electron chi connectivity index (χ3n) is 2.89. The van der Waals surface area contributed by atoms with Crippen LogP contribution in [0.1, 0.15) is 19.8 Å². The van der Waals surface area contributed by atoms with Crippen LogP contribution in [0.3, 0.4) is 0 Å². The second-order valence-electron chi connectivity index (χ2n) is 3.82. The number of alkyl halides is 4. The number of hydrogen-bond donors (Lipinski definition) is 0. The summed E-state index contributed by atoms with van der Waals surface area (Å²) in [7, 11) is 0. The molecule has 2 aliphatic rings. The first-order valence-electron chi connectivity index (χ1n) is 3.55. The van der Waals surface area contributed by atoms with Crippen molar-refractivity contribution in [3.05, 3.63) is 0 Å². The third kappa shape index (κ3) is 1.10. The lowest BCUT2D eigenvalue weighted by Crippen LogP contribution is -2.11. The Kier molecular flexibility index (Phi) is 1.57. The van der Waals surface area contributed by atoms with Crippen molar-refractivity contribution in [3.63, 3.8) is 0 Å². The van der Waals surface area contributed by atoms with E-state index in [9.17, 15) is 0 Å². The van der Waals surface area contributed by atoms with Crippen molar-refractivity contribution < 1.29 is 0 Å². The van der Waals surface area contributed by atoms with Crippen LogP contribution >= 0.6 is 46.4 Å². The highest BCUT2D eigenvalue weighted by Gasteiger charge is 2.76. The molecule has 2 aliphatic carbocycles. The molecule has 64 valence electrons. The minimum absolute atomic E-state index is 0.0421. The summed E-state index contributed by atoms with van der Waals surface area (Å²) in [5.41, 5.74) is -0.0421. The molecule has 0 radical (unpaired) electrons. The Morgan fingerprint density at radius 2 is 1.55 bits per heavy atom. The third-order valence-corrected chi connectivity index (χ3v) is 4.86. The molecule has 0 aromatic heterocycles. The molecule has 2 unspecified atom stereocenters. The Morgan fingerprint density at radius 1 is 1.18 bits per heavy atom. The van der Waals surface area contributed by atoms with E-state index in [0.717, 1.165) is 12.8 Å². The first-order valence-corrected chi connectivity index (χ1v) is 5.06. The highest BCUT2D eigenvalue weighted by atomic mass is 35.5. The van der Waals surface area contributed by atoms with E-state index in [2.05, 4.69) is 0 Å². The van der Waals surface area contributed by atoms with E-state index in [1.54, 1.807) is 0 Å². The fourth-order valence-electron chi connectivity index (χ4n) is 1.70. The van der Waals surface area contributed by atoms with Crippen LogP contribution in [-0.4, -0.2) is 8.67 Å². The fourth-order valence-corrected chi connectivity index (χ4v) is 3.31. The van der Waals surface area contributed by atoms with Crippen molar-refractivity contribution in [3.8, 4) is 0 Å². The first-order chi connectivity index (χ1) is 4.80. The lowest BCUT2D eigenvalue weighted by atomic mass is 10.0. The quantitative estimate of drug-likeness (QED) is 0.605. The molecule has 0 spiro atoms. The second kappa shape index (κ2) is 1.97. The Hall–Kier alpha value is 1.16. The molecule has 0 aromatic rings. The van der Waals surface area contributed by atoms with Gasteiger partial charge in [0.25, 0.3) is 0 Å². The molecular formula is C7H8Cl4. The fraction of sp³-hybridized carbons (Fsp3) is 1.00. The summed E-state index contributed by atoms with van der Waals surface area (Å²) < 4.78 is -1.14. The average Bonchev–Trinajstić information content (AvgIpc) is 2.51. The number of hydrogen-bond acceptors (Lipinski definition) is 0. The topological polar surface area (TPSA) is 0 Å². The SMILES string of the molecule is CC1(C2CC2(Cl)Cl)CC1(Cl)Cl. The average molecular weight is 234 g/mol. The lowest BCUT2D eigenvalue weighted by Gasteiger charge is -2.10. The molecule has 0 heterocycles. The summed E-state index contributed by atoms with van der Waals surface area (Å²) in [4.78, 5) is 0. The summed E-state index contributed by atoms with van der Waals surface area (Å²) >= 11 is 23.7. The van der Waals surface area contributed by atoms with Gasteiger partial charge in [-0.15, -0.1) is 46.4 Å². The molecule has 0 aliphatic heterocycles. The minimum atomic E-state index is -0.580. The van der Waals surface area contributed by atoms with Crippen LogP contribution in [0, 0.1) is 11.3 Å². The molecule has 2 atom stereocenters. The van der Waals surface area contributed by atoms with Gasteiger partial charge in [0.2, 0.25) is 0 Å². The summed E-state index contributed by atoms with van der Waals surface area (Å²) in [6, 6.07) is 0. The van der Waals surface area contributed by atoms with Crippen molar-refractivity contribution in [2.24, 2.45) is 11.3 Å². The first kappa shape index (κ1) is 8.74. The maximum Gasteiger partial charge on any atom is 0.124 e. The Labute approximate surface area is 86.1 Å². The zero-order chi connectivity index (χ0) is 8.49. The van der Waals surface area contributed by atoms with E-state index in [0.29, 0.717) is 0 Å². The molecule has 11 heavy (non-hydrogen) atoms. The van der Waals surface area contributed by atoms with Crippen molar-refractivity contribution in [2.45, 2.75) is 28.4 Å². The Balaban J connectivity index is 2.11. The molecule has 0 amide bonds. The van der Waals surface area contributed by atoms with Gasteiger partial charge >= 0.3 is 0 Å². The van der Waals surface area contributed by atoms with E-state index >= 15 is 0 Å². The molecule has 4 heteroatoms. The lowest BCUT2D eigenvalue weighted by molar-refractivity contribution is 0.479. The molecule has 2 rings (SSSR count). The molecule has 0 nitrogen and oxygen atoms in total. The van der Waals surface area contributed by atoms with Crippen molar-refractivity contribution in [1.82, 2.24) is 0 Å². The summed E-state index contributed by atoms with van der Waals surface area (Å²) in [5.74, 6) is 0.285. The minimum Gasteiger partial charge on any atom is -0.101 e. The Morgan fingerprint density at radius 3 is 1.64 bits per heavy atom. The van der Waals surface area contributed by atoms with Gasteiger partial charge in [-0.1, -0.05) is 6.92 Å². The van der Waals surface area contributed by atoms with Crippen LogP contribution in [0.2, 0.25) is 0 Å². The van der Waals surface area contributed by atoms with Crippen LogP contribution < -0.4 is 0 Å². The van der Waals surface area contributed by atoms with Crippen molar-refractivity contribution in [2.75, 3.05) is 0 Å². The van der Waals surface area contributed by atoms with Gasteiger partial charge in [-0.05, 0) is 12.8 Å². The number of rotatable bonds is 1. The van der Waals surface area contributed by atoms with Gasteiger partial charge in [0.1, 0.15) is 8.67 Å². The zero-order valence-electron chi connectivity index (χ0n) is 6.00. The van der Waals surface area contributed by atoms with Crippen LogP contribution in [-0.2, 0) is 0 Å². The molecule has 0 aromatic carbocycles. The molecule has 0 saturated heterocycles. The molecule has 2 saturated carbocycles. The van der Waals surface area contributed by atoms with Gasteiger partial charge in [-0.2, -0.15) is 0 Å². The molecule has 0 N–H and O–H groups in total. The highest BCUT2D eigenvalue weighted by Crippen LogP contribution is 2.77. The van der Waals surface area contributed by atoms with Gasteiger partial charge < -0.3 is 0 Å². The van der Waals surface area contributed by atoms with Gasteiger partial charge in [0.05, 0.1) is 0 Å². The van der Waals surface area contributed by atoms with Gasteiger partial charge in [0.15, 0.2) is 0 Å². The van der Waals surface area contributed by atoms with Crippen LogP contribution in [0.5, 0.6) is 0 Å². The number of halogens is 4. The summed E-state index contributed by atoms with van der Waals surface area (Å²) in [6.07, 6.45) is 1.64. The highest BCUT2D eigenvalue weighted by molar-refractivity contribution is 6.53. The molecule has 0 bridgehead atoms. The Bertz CT molecular complexity index is 210. The van der Waals surface area contributed by atoms with E-state index in [4.69, 9.17) is 46.4 Å². The van der Waals surface area contributed by atoms with E-state index < -0.39 is 8.67 Å². The van der Waals surface area contributed by atoms with E-state index in [-0.39, 0.29) is 11.3 Å². The monoisotopic (exact) mass is 232 g/mol. The van der Waals surface area contributed by atoms with E-state index in [1.807, 2.05) is 6.92 Å². The second-order valence-corrected chi connectivity index (χ2v) is 6.84. The van der Waals surface area contributed by atoms with Gasteiger partial charge in [-0.3, -0.25) is 0 Å². The van der Waals surface area contributed by atoms with Crippen LogP contribution in [0.15, 0.2) is 0 Å². The summed E-state index contributed by atoms with van der Waals surface area (Å²) in [6.45, 7) is 2.05. The maximum atomic E-state index is 5.96. The predicted molar refractivity (Wildman–Crippen MR) is 49.7 cm³/mol. The van der Waals surface area contributed by atoms with Crippen molar-refractivity contribution >= 4 is 46.4 Å². The zero-order valence-corrected chi connectivity index (χ0v) is 9.03. The van der Waals surface area contributed by atoms with E-state index in [1.165, 1.54) is 0 Å². The normalized spacial score (nSPS) is 50.5.